The van der Waals surface area contributed by atoms with Gasteiger partial charge < -0.3 is 0 Å². The van der Waals surface area contributed by atoms with E-state index in [9.17, 15) is 4.39 Å². The summed E-state index contributed by atoms with van der Waals surface area (Å²) in [5, 5.41) is 0. The van der Waals surface area contributed by atoms with Crippen molar-refractivity contribution in [3.05, 3.63) is 54.3 Å². The minimum Gasteiger partial charge on any atom is -0.207 e. The first-order valence-electron chi connectivity index (χ1n) is 4.84. The lowest BCUT2D eigenvalue weighted by atomic mass is 10.1. The molecule has 0 saturated carbocycles. The maximum atomic E-state index is 13.9. The second-order valence-electron chi connectivity index (χ2n) is 3.57. The third-order valence-electron chi connectivity index (χ3n) is 2.32. The average Bonchev–Trinajstić information content (AvgIpc) is 2.57. The number of halogens is 4. The van der Waals surface area contributed by atoms with Crippen molar-refractivity contribution in [1.82, 2.24) is 0 Å². The first-order chi connectivity index (χ1) is 8.00. The van der Waals surface area contributed by atoms with E-state index in [2.05, 4.69) is 47.8 Å². The molecule has 0 bridgehead atoms. The molecule has 5 heteroatoms. The number of thiophene rings is 1. The normalized spacial score (nSPS) is 12.8. The van der Waals surface area contributed by atoms with Gasteiger partial charge in [-0.1, -0.05) is 37.9 Å². The summed E-state index contributed by atoms with van der Waals surface area (Å²) >= 11 is 12.1. The van der Waals surface area contributed by atoms with Crippen LogP contribution in [0.1, 0.15) is 20.1 Å². The van der Waals surface area contributed by atoms with Gasteiger partial charge in [0.15, 0.2) is 0 Å². The average molecular weight is 443 g/mol. The van der Waals surface area contributed by atoms with E-state index in [0.717, 1.165) is 13.8 Å². The van der Waals surface area contributed by atoms with Crippen LogP contribution in [-0.4, -0.2) is 0 Å². The Labute approximate surface area is 129 Å². The van der Waals surface area contributed by atoms with Crippen LogP contribution in [-0.2, 0) is 0 Å². The zero-order valence-electron chi connectivity index (χ0n) is 8.81. The molecule has 1 heterocycles. The van der Waals surface area contributed by atoms with Gasteiger partial charge in [-0.25, -0.2) is 4.39 Å². The molecule has 1 atom stereocenters. The van der Waals surface area contributed by atoms with Crippen molar-refractivity contribution >= 4 is 59.1 Å². The highest BCUT2D eigenvalue weighted by molar-refractivity contribution is 9.11. The highest BCUT2D eigenvalue weighted by atomic mass is 79.9. The summed E-state index contributed by atoms with van der Waals surface area (Å²) in [6.07, 6.45) is 0. The third kappa shape index (κ3) is 2.83. The summed E-state index contributed by atoms with van der Waals surface area (Å²) < 4.78 is 15.6. The second-order valence-corrected chi connectivity index (χ2v) is 7.48. The Morgan fingerprint density at radius 3 is 2.47 bits per heavy atom. The van der Waals surface area contributed by atoms with Gasteiger partial charge in [-0.2, -0.15) is 0 Å². The zero-order valence-corrected chi connectivity index (χ0v) is 14.4. The van der Waals surface area contributed by atoms with Crippen LogP contribution in [0.5, 0.6) is 0 Å². The van der Waals surface area contributed by atoms with Gasteiger partial charge >= 0.3 is 0 Å². The van der Waals surface area contributed by atoms with Crippen LogP contribution in [0, 0.1) is 12.7 Å². The molecule has 0 amide bonds. The molecule has 0 spiro atoms. The van der Waals surface area contributed by atoms with Gasteiger partial charge in [0.05, 0.1) is 4.83 Å². The van der Waals surface area contributed by atoms with Crippen LogP contribution in [0.15, 0.2) is 33.2 Å². The van der Waals surface area contributed by atoms with Crippen molar-refractivity contribution in [2.24, 2.45) is 0 Å². The molecule has 1 aromatic heterocycles. The number of alkyl halides is 1. The minimum atomic E-state index is -0.209. The zero-order chi connectivity index (χ0) is 12.6. The summed E-state index contributed by atoms with van der Waals surface area (Å²) in [5.74, 6) is -0.209. The molecule has 2 rings (SSSR count). The number of aryl methyl sites for hydroxylation is 1. The molecule has 0 radical (unpaired) electrons. The van der Waals surface area contributed by atoms with Crippen molar-refractivity contribution in [3.8, 4) is 0 Å². The van der Waals surface area contributed by atoms with Crippen LogP contribution >= 0.6 is 59.1 Å². The van der Waals surface area contributed by atoms with Gasteiger partial charge in [0.25, 0.3) is 0 Å². The summed E-state index contributed by atoms with van der Waals surface area (Å²) in [7, 11) is 0. The standard InChI is InChI=1S/C12H8Br3FS/c1-6-5-8(14)12(17-6)11(15)10-7(13)3-2-4-9(10)16/h2-5,11H,1H3. The van der Waals surface area contributed by atoms with Crippen LogP contribution in [0.25, 0.3) is 0 Å². The fraction of sp³-hybridized carbons (Fsp3) is 0.167. The van der Waals surface area contributed by atoms with E-state index < -0.39 is 0 Å². The summed E-state index contributed by atoms with van der Waals surface area (Å²) in [6.45, 7) is 2.04. The maximum absolute atomic E-state index is 13.9. The van der Waals surface area contributed by atoms with E-state index >= 15 is 0 Å². The molecule has 2 aromatic rings. The first-order valence-corrected chi connectivity index (χ1v) is 8.16. The third-order valence-corrected chi connectivity index (χ3v) is 6.26. The second kappa shape index (κ2) is 5.51. The molecular weight excluding hydrogens is 435 g/mol. The molecule has 0 nitrogen and oxygen atoms in total. The highest BCUT2D eigenvalue weighted by Crippen LogP contribution is 2.43. The molecular formula is C12H8Br3FS. The van der Waals surface area contributed by atoms with Crippen molar-refractivity contribution in [3.63, 3.8) is 0 Å². The molecule has 90 valence electrons. The Kier molecular flexibility index (Phi) is 4.45. The first kappa shape index (κ1) is 13.7. The molecule has 1 aromatic carbocycles. The molecule has 17 heavy (non-hydrogen) atoms. The van der Waals surface area contributed by atoms with Crippen molar-refractivity contribution in [2.75, 3.05) is 0 Å². The Bertz CT molecular complexity index is 530. The van der Waals surface area contributed by atoms with Gasteiger partial charge in [0, 0.05) is 24.3 Å². The summed E-state index contributed by atoms with van der Waals surface area (Å²) in [4.78, 5) is 2.13. The van der Waals surface area contributed by atoms with E-state index in [1.165, 1.54) is 10.9 Å². The quantitative estimate of drug-likeness (QED) is 0.485. The topological polar surface area (TPSA) is 0 Å². The number of rotatable bonds is 2. The molecule has 0 aliphatic rings. The van der Waals surface area contributed by atoms with Gasteiger partial charge in [-0.05, 0) is 41.1 Å². The number of hydrogen-bond donors (Lipinski definition) is 0. The molecule has 1 unspecified atom stereocenters. The van der Waals surface area contributed by atoms with Gasteiger partial charge in [0.2, 0.25) is 0 Å². The smallest absolute Gasteiger partial charge is 0.129 e. The lowest BCUT2D eigenvalue weighted by Gasteiger charge is -2.12. The highest BCUT2D eigenvalue weighted by Gasteiger charge is 2.21. The van der Waals surface area contributed by atoms with Crippen LogP contribution in [0.4, 0.5) is 4.39 Å². The molecule has 0 fully saturated rings. The van der Waals surface area contributed by atoms with Gasteiger partial charge in [-0.15, -0.1) is 11.3 Å². The Hall–Kier alpha value is 0.290. The minimum absolute atomic E-state index is 0.147. The van der Waals surface area contributed by atoms with E-state index in [1.54, 1.807) is 17.4 Å². The van der Waals surface area contributed by atoms with Gasteiger partial charge in [0.1, 0.15) is 5.82 Å². The van der Waals surface area contributed by atoms with Crippen LogP contribution < -0.4 is 0 Å². The predicted molar refractivity (Wildman–Crippen MR) is 81.6 cm³/mol. The summed E-state index contributed by atoms with van der Waals surface area (Å²) in [5.41, 5.74) is 0.634. The van der Waals surface area contributed by atoms with E-state index in [-0.39, 0.29) is 10.6 Å². The molecule has 0 aliphatic heterocycles. The van der Waals surface area contributed by atoms with Crippen molar-refractivity contribution in [2.45, 2.75) is 11.8 Å². The fourth-order valence-corrected chi connectivity index (χ4v) is 5.60. The monoisotopic (exact) mass is 440 g/mol. The fourth-order valence-electron chi connectivity index (χ4n) is 1.56. The van der Waals surface area contributed by atoms with Crippen LogP contribution in [0.2, 0.25) is 0 Å². The lowest BCUT2D eigenvalue weighted by molar-refractivity contribution is 0.612. The SMILES string of the molecule is Cc1cc(Br)c(C(Br)c2c(F)cccc2Br)s1. The molecule has 0 aliphatic carbocycles. The largest absolute Gasteiger partial charge is 0.207 e. The number of hydrogen-bond acceptors (Lipinski definition) is 1. The predicted octanol–water partition coefficient (Wildman–Crippen LogP) is 6.20. The molecule has 0 saturated heterocycles. The molecule has 0 N–H and O–H groups in total. The van der Waals surface area contributed by atoms with E-state index in [4.69, 9.17) is 0 Å². The Morgan fingerprint density at radius 1 is 1.24 bits per heavy atom. The van der Waals surface area contributed by atoms with E-state index in [0.29, 0.717) is 5.56 Å². The summed E-state index contributed by atoms with van der Waals surface area (Å²) in [6, 6.07) is 7.06. The van der Waals surface area contributed by atoms with Crippen LogP contribution in [0.3, 0.4) is 0 Å². The van der Waals surface area contributed by atoms with Crippen molar-refractivity contribution < 1.29 is 4.39 Å². The van der Waals surface area contributed by atoms with Crippen molar-refractivity contribution in [1.29, 1.82) is 0 Å². The number of benzene rings is 1. The van der Waals surface area contributed by atoms with E-state index in [1.807, 2.05) is 19.1 Å². The van der Waals surface area contributed by atoms with Gasteiger partial charge in [-0.3, -0.25) is 0 Å². The lowest BCUT2D eigenvalue weighted by Crippen LogP contribution is -1.96. The Morgan fingerprint density at radius 2 is 1.94 bits per heavy atom. The maximum Gasteiger partial charge on any atom is 0.129 e. The Balaban J connectivity index is 2.51.